The van der Waals surface area contributed by atoms with Gasteiger partial charge >= 0.3 is 12.1 Å². The molecule has 4 nitrogen and oxygen atoms in total. The molecule has 1 aromatic rings. The first-order chi connectivity index (χ1) is 10.5. The van der Waals surface area contributed by atoms with E-state index in [4.69, 9.17) is 21.2 Å². The Hall–Kier alpha value is -1.64. The molecule has 1 fully saturated rings. The number of benzene rings is 1. The first kappa shape index (κ1) is 18.4. The molecule has 1 aliphatic carbocycles. The molecule has 120 valence electrons. The molecule has 0 saturated heterocycles. The zero-order valence-electron chi connectivity index (χ0n) is 12.7. The molecular formula is C17H21ClO4. The van der Waals surface area contributed by atoms with Crippen LogP contribution in [0.25, 0.3) is 0 Å². The van der Waals surface area contributed by atoms with Gasteiger partial charge in [-0.1, -0.05) is 42.7 Å². The average Bonchev–Trinajstić information content (AvgIpc) is 3.21. The molecule has 1 saturated carbocycles. The molecule has 1 N–H and O–H groups in total. The van der Waals surface area contributed by atoms with Gasteiger partial charge in [-0.15, -0.1) is 11.6 Å². The Kier molecular flexibility index (Phi) is 7.30. The van der Waals surface area contributed by atoms with Crippen molar-refractivity contribution in [1.29, 1.82) is 0 Å². The van der Waals surface area contributed by atoms with Crippen molar-refractivity contribution in [2.75, 3.05) is 5.88 Å². The number of halogens is 1. The molecule has 0 aliphatic heterocycles. The summed E-state index contributed by atoms with van der Waals surface area (Å²) in [5, 5.41) is 9.52. The molecule has 5 heteroatoms. The first-order valence-corrected chi connectivity index (χ1v) is 7.90. The van der Waals surface area contributed by atoms with Crippen molar-refractivity contribution in [3.63, 3.8) is 0 Å². The Morgan fingerprint density at radius 3 is 2.36 bits per heavy atom. The minimum Gasteiger partial charge on any atom is -0.481 e. The molecule has 0 heterocycles. The highest BCUT2D eigenvalue weighted by Crippen LogP contribution is 2.62. The van der Waals surface area contributed by atoms with E-state index in [1.165, 1.54) is 11.1 Å². The minimum atomic E-state index is -0.635. The Balaban J connectivity index is 0.000000745. The predicted octanol–water partition coefficient (Wildman–Crippen LogP) is 3.77. The maximum Gasteiger partial charge on any atom is 0.373 e. The summed E-state index contributed by atoms with van der Waals surface area (Å²) in [6.07, 6.45) is 4.77. The van der Waals surface area contributed by atoms with Crippen LogP contribution in [-0.4, -0.2) is 23.1 Å². The van der Waals surface area contributed by atoms with Gasteiger partial charge in [0.25, 0.3) is 0 Å². The highest BCUT2D eigenvalue weighted by Gasteiger charge is 2.60. The summed E-state index contributed by atoms with van der Waals surface area (Å²) in [6, 6.07) is 8.27. The van der Waals surface area contributed by atoms with Crippen LogP contribution in [0.15, 0.2) is 24.3 Å². The fraction of sp³-hybridized carbons (Fsp3) is 0.529. The number of hydrogen-bond donors (Lipinski definition) is 1. The quantitative estimate of drug-likeness (QED) is 0.612. The summed E-state index contributed by atoms with van der Waals surface area (Å²) in [7, 11) is 0. The van der Waals surface area contributed by atoms with Crippen molar-refractivity contribution in [3.05, 3.63) is 35.4 Å². The number of aliphatic carboxylic acids is 1. The summed E-state index contributed by atoms with van der Waals surface area (Å²) < 4.78 is 0. The van der Waals surface area contributed by atoms with Crippen LogP contribution in [0.3, 0.4) is 0 Å². The van der Waals surface area contributed by atoms with Gasteiger partial charge in [-0.05, 0) is 31.7 Å². The van der Waals surface area contributed by atoms with Crippen molar-refractivity contribution in [2.45, 2.75) is 44.9 Å². The molecule has 0 radical (unpaired) electrons. The normalized spacial score (nSPS) is 22.2. The van der Waals surface area contributed by atoms with Gasteiger partial charge in [0, 0.05) is 11.8 Å². The maximum atomic E-state index is 11.6. The molecule has 0 aromatic heterocycles. The minimum absolute atomic E-state index is 0.196. The van der Waals surface area contributed by atoms with E-state index in [-0.39, 0.29) is 12.1 Å². The lowest BCUT2D eigenvalue weighted by Gasteiger charge is -2.12. The number of hydrogen-bond acceptors (Lipinski definition) is 3. The third-order valence-electron chi connectivity index (χ3n) is 4.24. The molecule has 0 spiro atoms. The van der Waals surface area contributed by atoms with Gasteiger partial charge in [0.2, 0.25) is 0 Å². The topological polar surface area (TPSA) is 71.4 Å². The standard InChI is InChI=1S/C16H21ClO2.CO2/c1-12-5-7-13(8-6-12)14-11-16(14,15(18)19)9-3-2-4-10-17;2-1-3/h5-8,14H,2-4,9-11H2,1H3,(H,18,19);/t14-,16-;/m1./s1. The second-order valence-electron chi connectivity index (χ2n) is 5.71. The number of carbonyl (C=O) groups is 1. The van der Waals surface area contributed by atoms with Crippen LogP contribution in [0.4, 0.5) is 0 Å². The molecule has 2 rings (SSSR count). The zero-order chi connectivity index (χ0) is 16.6. The van der Waals surface area contributed by atoms with E-state index in [1.54, 1.807) is 0 Å². The zero-order valence-corrected chi connectivity index (χ0v) is 13.4. The van der Waals surface area contributed by atoms with Gasteiger partial charge in [0.15, 0.2) is 0 Å². The van der Waals surface area contributed by atoms with Crippen LogP contribution in [-0.2, 0) is 14.4 Å². The summed E-state index contributed by atoms with van der Waals surface area (Å²) in [4.78, 5) is 27.8. The second kappa shape index (κ2) is 8.72. The highest BCUT2D eigenvalue weighted by atomic mass is 35.5. The van der Waals surface area contributed by atoms with Gasteiger partial charge in [-0.25, -0.2) is 0 Å². The Labute approximate surface area is 135 Å². The predicted molar refractivity (Wildman–Crippen MR) is 82.8 cm³/mol. The van der Waals surface area contributed by atoms with Crippen LogP contribution < -0.4 is 0 Å². The third kappa shape index (κ3) is 4.69. The summed E-state index contributed by atoms with van der Waals surface area (Å²) in [5.74, 6) is 0.229. The molecule has 1 aliphatic rings. The molecular weight excluding hydrogens is 304 g/mol. The Bertz CT molecular complexity index is 520. The SMILES string of the molecule is Cc1ccc([C@H]2C[C@@]2(CCCCCCl)C(=O)O)cc1.O=C=O. The van der Waals surface area contributed by atoms with Crippen LogP contribution in [0, 0.1) is 12.3 Å². The van der Waals surface area contributed by atoms with E-state index in [2.05, 4.69) is 24.3 Å². The lowest BCUT2D eigenvalue weighted by atomic mass is 9.92. The maximum absolute atomic E-state index is 11.6. The molecule has 22 heavy (non-hydrogen) atoms. The van der Waals surface area contributed by atoms with E-state index < -0.39 is 11.4 Å². The van der Waals surface area contributed by atoms with Crippen molar-refractivity contribution in [3.8, 4) is 0 Å². The lowest BCUT2D eigenvalue weighted by Crippen LogP contribution is -2.17. The van der Waals surface area contributed by atoms with Gasteiger partial charge in [-0.3, -0.25) is 4.79 Å². The van der Waals surface area contributed by atoms with Crippen molar-refractivity contribution in [1.82, 2.24) is 0 Å². The second-order valence-corrected chi connectivity index (χ2v) is 6.09. The fourth-order valence-electron chi connectivity index (χ4n) is 2.87. The van der Waals surface area contributed by atoms with E-state index >= 15 is 0 Å². The van der Waals surface area contributed by atoms with Crippen LogP contribution in [0.5, 0.6) is 0 Å². The largest absolute Gasteiger partial charge is 0.481 e. The number of alkyl halides is 1. The first-order valence-electron chi connectivity index (χ1n) is 7.37. The molecule has 0 amide bonds. The van der Waals surface area contributed by atoms with E-state index in [0.717, 1.165) is 32.1 Å². The van der Waals surface area contributed by atoms with Crippen molar-refractivity contribution >= 4 is 23.7 Å². The van der Waals surface area contributed by atoms with Crippen LogP contribution in [0.2, 0.25) is 0 Å². The van der Waals surface area contributed by atoms with Crippen LogP contribution in [0.1, 0.15) is 49.1 Å². The van der Waals surface area contributed by atoms with Crippen molar-refractivity contribution in [2.24, 2.45) is 5.41 Å². The summed E-state index contributed by atoms with van der Waals surface area (Å²) in [5.41, 5.74) is 1.87. The van der Waals surface area contributed by atoms with Gasteiger partial charge in [0.05, 0.1) is 5.41 Å². The average molecular weight is 325 g/mol. The van der Waals surface area contributed by atoms with Crippen molar-refractivity contribution < 1.29 is 19.5 Å². The lowest BCUT2D eigenvalue weighted by molar-refractivity contribution is -0.191. The number of rotatable bonds is 7. The number of carboxylic acids is 1. The Morgan fingerprint density at radius 2 is 1.86 bits per heavy atom. The number of carboxylic acid groups (broad SMARTS) is 1. The van der Waals surface area contributed by atoms with E-state index in [0.29, 0.717) is 5.88 Å². The molecule has 2 atom stereocenters. The van der Waals surface area contributed by atoms with Gasteiger partial charge in [-0.2, -0.15) is 9.59 Å². The number of aryl methyl sites for hydroxylation is 1. The third-order valence-corrected chi connectivity index (χ3v) is 4.50. The molecule has 0 bridgehead atoms. The van der Waals surface area contributed by atoms with E-state index in [1.807, 2.05) is 6.92 Å². The molecule has 1 aromatic carbocycles. The summed E-state index contributed by atoms with van der Waals surface area (Å²) >= 11 is 5.65. The van der Waals surface area contributed by atoms with Crippen LogP contribution >= 0.6 is 11.6 Å². The summed E-state index contributed by atoms with van der Waals surface area (Å²) in [6.45, 7) is 2.05. The Morgan fingerprint density at radius 1 is 1.27 bits per heavy atom. The van der Waals surface area contributed by atoms with Gasteiger partial charge < -0.3 is 5.11 Å². The monoisotopic (exact) mass is 324 g/mol. The smallest absolute Gasteiger partial charge is 0.373 e. The fourth-order valence-corrected chi connectivity index (χ4v) is 3.06. The number of carbonyl (C=O) groups excluding carboxylic acids is 2. The molecule has 0 unspecified atom stereocenters. The van der Waals surface area contributed by atoms with Gasteiger partial charge in [0.1, 0.15) is 0 Å². The highest BCUT2D eigenvalue weighted by molar-refractivity contribution is 6.17. The van der Waals surface area contributed by atoms with E-state index in [9.17, 15) is 9.90 Å². The number of unbranched alkanes of at least 4 members (excludes halogenated alkanes) is 2.